The minimum absolute atomic E-state index is 0.0620. The average Bonchev–Trinajstić information content (AvgIpc) is 3.06. The lowest BCUT2D eigenvalue weighted by molar-refractivity contribution is -0.0328. The van der Waals surface area contributed by atoms with Crippen molar-refractivity contribution in [2.75, 3.05) is 75.0 Å². The molecule has 3 aromatic rings. The minimum Gasteiger partial charge on any atom is -0.381 e. The number of hydrogen-bond donors (Lipinski definition) is 3. The molecule has 2 fully saturated rings. The van der Waals surface area contributed by atoms with Gasteiger partial charge in [-0.15, -0.1) is 11.8 Å². The third-order valence-corrected chi connectivity index (χ3v) is 10.2. The molecule has 0 saturated carbocycles. The molecular formula is C32H38F3N5O2S3. The molecule has 0 radical (unpaired) electrons. The van der Waals surface area contributed by atoms with Gasteiger partial charge in [0, 0.05) is 89.2 Å². The summed E-state index contributed by atoms with van der Waals surface area (Å²) in [4.78, 5) is 19.1. The predicted molar refractivity (Wildman–Crippen MR) is 180 cm³/mol. The second-order valence-electron chi connectivity index (χ2n) is 10.7. The molecule has 45 heavy (non-hydrogen) atoms. The van der Waals surface area contributed by atoms with E-state index >= 15 is 0 Å². The molecule has 0 aliphatic carbocycles. The largest absolute Gasteiger partial charge is 0.446 e. The number of alkyl halides is 3. The summed E-state index contributed by atoms with van der Waals surface area (Å²) in [6.07, 6.45) is 0.774. The van der Waals surface area contributed by atoms with Gasteiger partial charge in [-0.25, -0.2) is 0 Å². The van der Waals surface area contributed by atoms with Crippen molar-refractivity contribution in [3.63, 3.8) is 0 Å². The zero-order valence-electron chi connectivity index (χ0n) is 24.9. The van der Waals surface area contributed by atoms with Crippen molar-refractivity contribution in [2.45, 2.75) is 32.7 Å². The normalized spacial score (nSPS) is 16.7. The molecule has 2 aliphatic rings. The Kier molecular flexibility index (Phi) is 12.7. The summed E-state index contributed by atoms with van der Waals surface area (Å²) in [5.41, 5.74) is -2.49. The molecule has 5 rings (SSSR count). The summed E-state index contributed by atoms with van der Waals surface area (Å²) in [5, 5.41) is 6.75. The summed E-state index contributed by atoms with van der Waals surface area (Å²) in [7, 11) is 0. The number of halogens is 3. The van der Waals surface area contributed by atoms with Crippen LogP contribution in [-0.2, 0) is 4.74 Å². The summed E-state index contributed by atoms with van der Waals surface area (Å²) >= 11 is 2.55. The van der Waals surface area contributed by atoms with Gasteiger partial charge in [0.1, 0.15) is 0 Å². The Labute approximate surface area is 275 Å². The Morgan fingerprint density at radius 2 is 1.67 bits per heavy atom. The Morgan fingerprint density at radius 3 is 2.38 bits per heavy atom. The van der Waals surface area contributed by atoms with Crippen molar-refractivity contribution in [1.82, 2.24) is 14.9 Å². The lowest BCUT2D eigenvalue weighted by atomic mass is 10.2. The van der Waals surface area contributed by atoms with E-state index in [4.69, 9.17) is 4.74 Å². The van der Waals surface area contributed by atoms with Gasteiger partial charge >= 0.3 is 5.51 Å². The molecule has 2 saturated heterocycles. The molecule has 0 aromatic heterocycles. The second kappa shape index (κ2) is 16.8. The zero-order chi connectivity index (χ0) is 31.5. The Hall–Kier alpha value is -2.55. The van der Waals surface area contributed by atoms with Crippen LogP contribution < -0.4 is 20.3 Å². The van der Waals surface area contributed by atoms with E-state index in [9.17, 15) is 18.0 Å². The maximum Gasteiger partial charge on any atom is 0.446 e. The fourth-order valence-electron chi connectivity index (χ4n) is 5.10. The smallest absolute Gasteiger partial charge is 0.381 e. The second-order valence-corrected chi connectivity index (χ2v) is 13.8. The number of carbonyl (C=O) groups excluding carboxylic acids is 1. The highest BCUT2D eigenvalue weighted by atomic mass is 32.2. The SMILES string of the molecule is O=C(NSc1ccc(NC(CCN2CCOCC2)CSc2ccccc2)c(SC(F)(F)F)c1)c1ccc(N2CCNCC2)cc1. The van der Waals surface area contributed by atoms with Crippen LogP contribution in [0.15, 0.2) is 87.5 Å². The summed E-state index contributed by atoms with van der Waals surface area (Å²) in [6, 6.07) is 22.2. The molecule has 7 nitrogen and oxygen atoms in total. The topological polar surface area (TPSA) is 68.9 Å². The van der Waals surface area contributed by atoms with Crippen molar-refractivity contribution >= 4 is 52.8 Å². The number of amides is 1. The number of morpholine rings is 1. The van der Waals surface area contributed by atoms with Crippen molar-refractivity contribution in [1.29, 1.82) is 0 Å². The van der Waals surface area contributed by atoms with Crippen LogP contribution >= 0.6 is 35.5 Å². The monoisotopic (exact) mass is 677 g/mol. The molecule has 3 aromatic carbocycles. The van der Waals surface area contributed by atoms with E-state index in [1.807, 2.05) is 42.5 Å². The van der Waals surface area contributed by atoms with E-state index in [2.05, 4.69) is 25.2 Å². The maximum absolute atomic E-state index is 13.7. The number of piperazine rings is 1. The molecule has 1 atom stereocenters. The van der Waals surface area contributed by atoms with Gasteiger partial charge in [0.05, 0.1) is 13.2 Å². The quantitative estimate of drug-likeness (QED) is 0.140. The Morgan fingerprint density at radius 1 is 0.933 bits per heavy atom. The van der Waals surface area contributed by atoms with Crippen LogP contribution in [-0.4, -0.2) is 87.1 Å². The van der Waals surface area contributed by atoms with Gasteiger partial charge in [0.15, 0.2) is 0 Å². The van der Waals surface area contributed by atoms with E-state index in [0.717, 1.165) is 74.8 Å². The highest BCUT2D eigenvalue weighted by molar-refractivity contribution is 8.00. The standard InChI is InChI=1S/C32H38F3N5O2S3/c33-32(34,35)44-30-22-28(45-38-31(41)24-6-8-26(9-7-24)40-16-13-36-14-17-40)10-11-29(30)37-25(12-15-39-18-20-42-21-19-39)23-43-27-4-2-1-3-5-27/h1-11,22,25,36-37H,12-21,23H2,(H,38,41). The van der Waals surface area contributed by atoms with E-state index < -0.39 is 5.51 Å². The summed E-state index contributed by atoms with van der Waals surface area (Å²) in [6.45, 7) is 7.58. The highest BCUT2D eigenvalue weighted by Gasteiger charge is 2.31. The first-order valence-corrected chi connectivity index (χ1v) is 17.6. The number of ether oxygens (including phenoxy) is 1. The van der Waals surface area contributed by atoms with Crippen LogP contribution in [0.2, 0.25) is 0 Å². The van der Waals surface area contributed by atoms with Gasteiger partial charge in [-0.3, -0.25) is 14.4 Å². The minimum atomic E-state index is -4.46. The average molecular weight is 678 g/mol. The molecule has 1 unspecified atom stereocenters. The number of nitrogens with zero attached hydrogens (tertiary/aromatic N) is 2. The summed E-state index contributed by atoms with van der Waals surface area (Å²) in [5.74, 6) is 0.394. The third-order valence-electron chi connectivity index (χ3n) is 7.50. The predicted octanol–water partition coefficient (Wildman–Crippen LogP) is 6.44. The molecule has 1 amide bonds. The first-order chi connectivity index (χ1) is 21.8. The van der Waals surface area contributed by atoms with Crippen LogP contribution in [0.25, 0.3) is 0 Å². The van der Waals surface area contributed by atoms with Gasteiger partial charge in [-0.05, 0) is 84.7 Å². The maximum atomic E-state index is 13.7. The van der Waals surface area contributed by atoms with Gasteiger partial charge in [-0.1, -0.05) is 18.2 Å². The number of rotatable bonds is 13. The molecule has 2 heterocycles. The lowest BCUT2D eigenvalue weighted by Gasteiger charge is -2.29. The molecule has 2 aliphatic heterocycles. The molecular weight excluding hydrogens is 640 g/mol. The fourth-order valence-corrected chi connectivity index (χ4v) is 7.48. The van der Waals surface area contributed by atoms with E-state index in [-0.39, 0.29) is 28.6 Å². The highest BCUT2D eigenvalue weighted by Crippen LogP contribution is 2.42. The van der Waals surface area contributed by atoms with Crippen LogP contribution in [0.3, 0.4) is 0 Å². The van der Waals surface area contributed by atoms with Gasteiger partial charge in [0.2, 0.25) is 0 Å². The zero-order valence-corrected chi connectivity index (χ0v) is 27.3. The fraction of sp³-hybridized carbons (Fsp3) is 0.406. The third kappa shape index (κ3) is 11.0. The van der Waals surface area contributed by atoms with Gasteiger partial charge in [0.25, 0.3) is 5.91 Å². The molecule has 242 valence electrons. The van der Waals surface area contributed by atoms with Crippen LogP contribution in [0, 0.1) is 0 Å². The van der Waals surface area contributed by atoms with E-state index in [1.165, 1.54) is 6.07 Å². The van der Waals surface area contributed by atoms with Gasteiger partial charge < -0.3 is 20.3 Å². The number of nitrogens with one attached hydrogen (secondary N) is 3. The van der Waals surface area contributed by atoms with Crippen molar-refractivity contribution in [2.24, 2.45) is 0 Å². The first-order valence-electron chi connectivity index (χ1n) is 15.0. The number of hydrogen-bond acceptors (Lipinski definition) is 9. The molecule has 3 N–H and O–H groups in total. The number of carbonyl (C=O) groups is 1. The van der Waals surface area contributed by atoms with Crippen molar-refractivity contribution < 1.29 is 22.7 Å². The van der Waals surface area contributed by atoms with Crippen LogP contribution in [0.1, 0.15) is 16.8 Å². The van der Waals surface area contributed by atoms with Crippen LogP contribution in [0.5, 0.6) is 0 Å². The van der Waals surface area contributed by atoms with E-state index in [1.54, 1.807) is 36.0 Å². The van der Waals surface area contributed by atoms with Crippen molar-refractivity contribution in [3.05, 3.63) is 78.4 Å². The van der Waals surface area contributed by atoms with Crippen LogP contribution in [0.4, 0.5) is 24.5 Å². The van der Waals surface area contributed by atoms with E-state index in [0.29, 0.717) is 35.1 Å². The Bertz CT molecular complexity index is 1360. The Balaban J connectivity index is 1.24. The first kappa shape index (κ1) is 33.8. The number of thioether (sulfide) groups is 2. The summed E-state index contributed by atoms with van der Waals surface area (Å²) < 4.78 is 49.3. The van der Waals surface area contributed by atoms with Gasteiger partial charge in [-0.2, -0.15) is 13.2 Å². The lowest BCUT2D eigenvalue weighted by Crippen LogP contribution is -2.43. The molecule has 0 spiro atoms. The van der Waals surface area contributed by atoms with Crippen molar-refractivity contribution in [3.8, 4) is 0 Å². The number of benzene rings is 3. The number of anilines is 2. The molecule has 13 heteroatoms. The molecule has 0 bridgehead atoms.